The van der Waals surface area contributed by atoms with Gasteiger partial charge < -0.3 is 15.4 Å². The second-order valence-electron chi connectivity index (χ2n) is 7.76. The molecule has 1 saturated heterocycles. The predicted octanol–water partition coefficient (Wildman–Crippen LogP) is 4.33. The van der Waals surface area contributed by atoms with Gasteiger partial charge in [-0.2, -0.15) is 0 Å². The molecule has 1 aromatic rings. The lowest BCUT2D eigenvalue weighted by Gasteiger charge is -2.36. The Bertz CT molecular complexity index is 534. The fourth-order valence-electron chi connectivity index (χ4n) is 4.45. The van der Waals surface area contributed by atoms with Crippen molar-refractivity contribution in [2.24, 2.45) is 17.6 Å². The van der Waals surface area contributed by atoms with Crippen molar-refractivity contribution in [2.75, 3.05) is 13.1 Å². The summed E-state index contributed by atoms with van der Waals surface area (Å²) in [7, 11) is 0. The normalized spacial score (nSPS) is 28.0. The highest BCUT2D eigenvalue weighted by Crippen LogP contribution is 2.35. The number of carbonyl (C=O) groups is 1. The Hall–Kier alpha value is -1.55. The zero-order valence-corrected chi connectivity index (χ0v) is 15.2. The van der Waals surface area contributed by atoms with E-state index in [4.69, 9.17) is 10.5 Å². The van der Waals surface area contributed by atoms with Crippen LogP contribution >= 0.6 is 0 Å². The summed E-state index contributed by atoms with van der Waals surface area (Å²) in [5.74, 6) is 1.47. The first-order chi connectivity index (χ1) is 12.2. The Morgan fingerprint density at radius 1 is 1.00 bits per heavy atom. The molecule has 4 nitrogen and oxygen atoms in total. The maximum absolute atomic E-state index is 12.5. The third-order valence-electron chi connectivity index (χ3n) is 5.91. The topological polar surface area (TPSA) is 55.6 Å². The first kappa shape index (κ1) is 18.2. The molecule has 3 atom stereocenters. The number of carbonyl (C=O) groups excluding carboxylic acids is 1. The molecule has 0 radical (unpaired) electrons. The number of hydrogen-bond donors (Lipinski definition) is 1. The molecule has 1 aromatic carbocycles. The first-order valence-electron chi connectivity index (χ1n) is 9.93. The molecule has 2 N–H and O–H groups in total. The van der Waals surface area contributed by atoms with Gasteiger partial charge in [-0.15, -0.1) is 0 Å². The van der Waals surface area contributed by atoms with Crippen LogP contribution in [0.5, 0.6) is 0 Å². The van der Waals surface area contributed by atoms with E-state index >= 15 is 0 Å². The summed E-state index contributed by atoms with van der Waals surface area (Å²) in [6, 6.07) is 10.3. The largest absolute Gasteiger partial charge is 0.445 e. The number of rotatable bonds is 3. The van der Waals surface area contributed by atoms with E-state index in [9.17, 15) is 4.79 Å². The average Bonchev–Trinajstić information content (AvgIpc) is 2.61. The Morgan fingerprint density at radius 3 is 2.60 bits per heavy atom. The van der Waals surface area contributed by atoms with E-state index in [1.807, 2.05) is 35.2 Å². The number of nitrogens with two attached hydrogens (primary N) is 1. The SMILES string of the molecule is N[C@@H]1CCCC([C@@H]2CCCCN(C(=O)OCc3ccccc3)CC2)C1. The molecule has 1 unspecified atom stereocenters. The summed E-state index contributed by atoms with van der Waals surface area (Å²) in [5.41, 5.74) is 7.23. The van der Waals surface area contributed by atoms with Crippen molar-refractivity contribution in [3.05, 3.63) is 35.9 Å². The van der Waals surface area contributed by atoms with Crippen molar-refractivity contribution < 1.29 is 9.53 Å². The maximum Gasteiger partial charge on any atom is 0.410 e. The van der Waals surface area contributed by atoms with Gasteiger partial charge in [-0.3, -0.25) is 0 Å². The molecule has 1 saturated carbocycles. The molecule has 3 rings (SSSR count). The van der Waals surface area contributed by atoms with Crippen LogP contribution in [-0.4, -0.2) is 30.1 Å². The van der Waals surface area contributed by atoms with Crippen LogP contribution in [0.4, 0.5) is 4.79 Å². The minimum absolute atomic E-state index is 0.162. The fraction of sp³-hybridized carbons (Fsp3) is 0.667. The molecule has 138 valence electrons. The lowest BCUT2D eigenvalue weighted by atomic mass is 9.74. The van der Waals surface area contributed by atoms with E-state index in [-0.39, 0.29) is 6.09 Å². The molecule has 4 heteroatoms. The molecule has 1 aliphatic heterocycles. The van der Waals surface area contributed by atoms with E-state index in [1.165, 1.54) is 38.5 Å². The maximum atomic E-state index is 12.5. The van der Waals surface area contributed by atoms with Crippen LogP contribution in [0.25, 0.3) is 0 Å². The lowest BCUT2D eigenvalue weighted by molar-refractivity contribution is 0.0848. The second kappa shape index (κ2) is 9.23. The van der Waals surface area contributed by atoms with Gasteiger partial charge in [-0.25, -0.2) is 4.79 Å². The van der Waals surface area contributed by atoms with Crippen molar-refractivity contribution in [2.45, 2.75) is 64.0 Å². The highest BCUT2D eigenvalue weighted by Gasteiger charge is 2.29. The van der Waals surface area contributed by atoms with Crippen LogP contribution < -0.4 is 5.73 Å². The molecular weight excluding hydrogens is 312 g/mol. The third kappa shape index (κ3) is 5.46. The number of nitrogens with zero attached hydrogens (tertiary/aromatic N) is 1. The Morgan fingerprint density at radius 2 is 1.80 bits per heavy atom. The lowest BCUT2D eigenvalue weighted by Crippen LogP contribution is -2.38. The summed E-state index contributed by atoms with van der Waals surface area (Å²) < 4.78 is 5.53. The standard InChI is InChI=1S/C21H32N2O2/c22-20-11-6-10-19(15-20)18-9-4-5-13-23(14-12-18)21(24)25-16-17-7-2-1-3-8-17/h1-3,7-8,18-20H,4-6,9-16,22H2/t18-,19?,20-/m1/s1. The Labute approximate surface area is 151 Å². The van der Waals surface area contributed by atoms with Crippen LogP contribution in [0.3, 0.4) is 0 Å². The van der Waals surface area contributed by atoms with Crippen molar-refractivity contribution in [1.29, 1.82) is 0 Å². The monoisotopic (exact) mass is 344 g/mol. The number of hydrogen-bond acceptors (Lipinski definition) is 3. The smallest absolute Gasteiger partial charge is 0.410 e. The van der Waals surface area contributed by atoms with Gasteiger partial charge in [-0.1, -0.05) is 56.0 Å². The van der Waals surface area contributed by atoms with E-state index in [1.54, 1.807) is 0 Å². The van der Waals surface area contributed by atoms with Crippen LogP contribution in [0.2, 0.25) is 0 Å². The molecule has 0 aromatic heterocycles. The molecule has 1 amide bonds. The minimum Gasteiger partial charge on any atom is -0.445 e. The molecule has 0 spiro atoms. The average molecular weight is 344 g/mol. The highest BCUT2D eigenvalue weighted by atomic mass is 16.6. The zero-order valence-electron chi connectivity index (χ0n) is 15.2. The molecule has 25 heavy (non-hydrogen) atoms. The molecule has 0 bridgehead atoms. The molecule has 1 heterocycles. The molecule has 2 aliphatic rings. The Kier molecular flexibility index (Phi) is 6.74. The minimum atomic E-state index is -0.162. The van der Waals surface area contributed by atoms with Crippen LogP contribution in [0.1, 0.15) is 56.9 Å². The number of amides is 1. The first-order valence-corrected chi connectivity index (χ1v) is 9.93. The van der Waals surface area contributed by atoms with E-state index in [2.05, 4.69) is 0 Å². The van der Waals surface area contributed by atoms with Gasteiger partial charge in [0.1, 0.15) is 6.61 Å². The third-order valence-corrected chi connectivity index (χ3v) is 5.91. The molecular formula is C21H32N2O2. The number of ether oxygens (including phenoxy) is 1. The fourth-order valence-corrected chi connectivity index (χ4v) is 4.45. The summed E-state index contributed by atoms with van der Waals surface area (Å²) in [6.07, 6.45) is 9.45. The van der Waals surface area contributed by atoms with Crippen molar-refractivity contribution >= 4 is 6.09 Å². The Balaban J connectivity index is 1.49. The van der Waals surface area contributed by atoms with Gasteiger partial charge in [0, 0.05) is 19.1 Å². The second-order valence-corrected chi connectivity index (χ2v) is 7.76. The number of benzene rings is 1. The summed E-state index contributed by atoms with van der Waals surface area (Å²) in [6.45, 7) is 2.01. The van der Waals surface area contributed by atoms with Gasteiger partial charge in [0.05, 0.1) is 0 Å². The van der Waals surface area contributed by atoms with Crippen molar-refractivity contribution in [1.82, 2.24) is 4.90 Å². The predicted molar refractivity (Wildman–Crippen MR) is 100 cm³/mol. The summed E-state index contributed by atoms with van der Waals surface area (Å²) in [5, 5.41) is 0. The van der Waals surface area contributed by atoms with E-state index in [0.717, 1.165) is 43.3 Å². The van der Waals surface area contributed by atoms with Gasteiger partial charge in [0.2, 0.25) is 0 Å². The van der Waals surface area contributed by atoms with Crippen molar-refractivity contribution in [3.63, 3.8) is 0 Å². The molecule has 2 fully saturated rings. The van der Waals surface area contributed by atoms with Gasteiger partial charge >= 0.3 is 6.09 Å². The zero-order chi connectivity index (χ0) is 17.5. The summed E-state index contributed by atoms with van der Waals surface area (Å²) in [4.78, 5) is 14.4. The van der Waals surface area contributed by atoms with Gasteiger partial charge in [0.15, 0.2) is 0 Å². The van der Waals surface area contributed by atoms with Crippen LogP contribution in [0.15, 0.2) is 30.3 Å². The van der Waals surface area contributed by atoms with E-state index < -0.39 is 0 Å². The van der Waals surface area contributed by atoms with Crippen LogP contribution in [0, 0.1) is 11.8 Å². The summed E-state index contributed by atoms with van der Waals surface area (Å²) >= 11 is 0. The highest BCUT2D eigenvalue weighted by molar-refractivity contribution is 5.67. The number of likely N-dealkylation sites (tertiary alicyclic amines) is 1. The van der Waals surface area contributed by atoms with Gasteiger partial charge in [0.25, 0.3) is 0 Å². The van der Waals surface area contributed by atoms with E-state index in [0.29, 0.717) is 12.6 Å². The van der Waals surface area contributed by atoms with Gasteiger partial charge in [-0.05, 0) is 43.1 Å². The quantitative estimate of drug-likeness (QED) is 0.888. The van der Waals surface area contributed by atoms with Crippen LogP contribution in [-0.2, 0) is 11.3 Å². The van der Waals surface area contributed by atoms with Crippen molar-refractivity contribution in [3.8, 4) is 0 Å². The molecule has 1 aliphatic carbocycles.